The average molecular weight is 309 g/mol. The molecule has 17 heavy (non-hydrogen) atoms. The van der Waals surface area contributed by atoms with E-state index in [1.54, 1.807) is 11.3 Å². The van der Waals surface area contributed by atoms with Gasteiger partial charge in [0.2, 0.25) is 0 Å². The highest BCUT2D eigenvalue weighted by Gasteiger charge is 2.09. The molecule has 0 radical (unpaired) electrons. The van der Waals surface area contributed by atoms with E-state index in [0.717, 1.165) is 6.42 Å². The lowest BCUT2D eigenvalue weighted by atomic mass is 9.97. The summed E-state index contributed by atoms with van der Waals surface area (Å²) in [6, 6.07) is 6.60. The summed E-state index contributed by atoms with van der Waals surface area (Å²) in [5.41, 5.74) is 5.51. The van der Waals surface area contributed by atoms with Gasteiger partial charge in [0.1, 0.15) is 0 Å². The van der Waals surface area contributed by atoms with Crippen LogP contribution in [0.25, 0.3) is 11.1 Å². The molecule has 1 heterocycles. The molecular weight excluding hydrogens is 292 g/mol. The van der Waals surface area contributed by atoms with Crippen LogP contribution in [0.3, 0.4) is 0 Å². The van der Waals surface area contributed by atoms with Gasteiger partial charge in [-0.2, -0.15) is 11.3 Å². The van der Waals surface area contributed by atoms with Crippen molar-refractivity contribution in [3.05, 3.63) is 44.6 Å². The third kappa shape index (κ3) is 2.99. The number of thiophene rings is 1. The molecule has 2 aromatic rings. The van der Waals surface area contributed by atoms with E-state index in [4.69, 9.17) is 0 Å². The van der Waals surface area contributed by atoms with Gasteiger partial charge in [-0.15, -0.1) is 0 Å². The molecule has 0 bridgehead atoms. The van der Waals surface area contributed by atoms with Crippen LogP contribution in [0.2, 0.25) is 0 Å². The van der Waals surface area contributed by atoms with E-state index in [-0.39, 0.29) is 0 Å². The molecule has 0 unspecified atom stereocenters. The van der Waals surface area contributed by atoms with Crippen LogP contribution in [0.1, 0.15) is 25.0 Å². The summed E-state index contributed by atoms with van der Waals surface area (Å²) in [7, 11) is 0. The number of hydrogen-bond donors (Lipinski definition) is 0. The minimum atomic E-state index is 0.708. The molecule has 2 heteroatoms. The second-order valence-corrected chi connectivity index (χ2v) is 6.47. The molecule has 0 amide bonds. The predicted molar refractivity (Wildman–Crippen MR) is 80.7 cm³/mol. The Morgan fingerprint density at radius 2 is 2.00 bits per heavy atom. The number of benzene rings is 1. The largest absolute Gasteiger partial charge is 0.151 e. The molecule has 0 saturated heterocycles. The standard InChI is InChI=1S/C15H17BrS/c1-10(2)6-13-8-17-9-14(13)12-4-5-15(16)11(3)7-12/h4-5,7-10H,6H2,1-3H3. The Bertz CT molecular complexity index is 511. The van der Waals surface area contributed by atoms with E-state index in [1.807, 2.05) is 0 Å². The van der Waals surface area contributed by atoms with Crippen molar-refractivity contribution in [1.29, 1.82) is 0 Å². The second-order valence-electron chi connectivity index (χ2n) is 4.87. The minimum Gasteiger partial charge on any atom is -0.151 e. The van der Waals surface area contributed by atoms with Crippen molar-refractivity contribution in [2.24, 2.45) is 5.92 Å². The van der Waals surface area contributed by atoms with Gasteiger partial charge >= 0.3 is 0 Å². The van der Waals surface area contributed by atoms with Crippen molar-refractivity contribution >= 4 is 27.3 Å². The summed E-state index contributed by atoms with van der Waals surface area (Å²) < 4.78 is 1.18. The first-order chi connectivity index (χ1) is 8.08. The first-order valence-corrected chi connectivity index (χ1v) is 7.63. The fourth-order valence-electron chi connectivity index (χ4n) is 1.99. The van der Waals surface area contributed by atoms with Gasteiger partial charge in [0.15, 0.2) is 0 Å². The first kappa shape index (κ1) is 12.8. The van der Waals surface area contributed by atoms with Crippen LogP contribution in [0.4, 0.5) is 0 Å². The number of aryl methyl sites for hydroxylation is 1. The summed E-state index contributed by atoms with van der Waals surface area (Å²) in [5, 5.41) is 4.55. The first-order valence-electron chi connectivity index (χ1n) is 5.89. The van der Waals surface area contributed by atoms with E-state index in [2.05, 4.69) is 65.7 Å². The van der Waals surface area contributed by atoms with Gasteiger partial charge in [-0.05, 0) is 58.3 Å². The monoisotopic (exact) mass is 308 g/mol. The molecule has 0 aliphatic rings. The maximum absolute atomic E-state index is 3.55. The normalized spacial score (nSPS) is 11.1. The SMILES string of the molecule is Cc1cc(-c2cscc2CC(C)C)ccc1Br. The van der Waals surface area contributed by atoms with E-state index in [0.29, 0.717) is 5.92 Å². The molecule has 2 rings (SSSR count). The minimum absolute atomic E-state index is 0.708. The van der Waals surface area contributed by atoms with E-state index >= 15 is 0 Å². The van der Waals surface area contributed by atoms with E-state index in [9.17, 15) is 0 Å². The molecule has 0 N–H and O–H groups in total. The van der Waals surface area contributed by atoms with Crippen LogP contribution >= 0.6 is 27.3 Å². The predicted octanol–water partition coefficient (Wildman–Crippen LogP) is 5.68. The maximum atomic E-state index is 3.55. The van der Waals surface area contributed by atoms with Crippen molar-refractivity contribution in [3.63, 3.8) is 0 Å². The van der Waals surface area contributed by atoms with Gasteiger partial charge in [0, 0.05) is 4.47 Å². The van der Waals surface area contributed by atoms with Crippen molar-refractivity contribution in [2.75, 3.05) is 0 Å². The Morgan fingerprint density at radius 1 is 1.24 bits per heavy atom. The molecule has 0 aliphatic carbocycles. The van der Waals surface area contributed by atoms with Crippen LogP contribution in [0, 0.1) is 12.8 Å². The van der Waals surface area contributed by atoms with Gasteiger partial charge in [-0.25, -0.2) is 0 Å². The Labute approximate surface area is 116 Å². The number of halogens is 1. The van der Waals surface area contributed by atoms with Crippen LogP contribution in [0.5, 0.6) is 0 Å². The van der Waals surface area contributed by atoms with Crippen molar-refractivity contribution < 1.29 is 0 Å². The Morgan fingerprint density at radius 3 is 2.65 bits per heavy atom. The molecule has 1 aromatic heterocycles. The fraction of sp³-hybridized carbons (Fsp3) is 0.333. The van der Waals surface area contributed by atoms with Gasteiger partial charge in [-0.3, -0.25) is 0 Å². The third-order valence-electron chi connectivity index (χ3n) is 2.84. The molecule has 0 atom stereocenters. The molecule has 1 aromatic carbocycles. The van der Waals surface area contributed by atoms with Gasteiger partial charge in [-0.1, -0.05) is 41.9 Å². The zero-order valence-electron chi connectivity index (χ0n) is 10.5. The van der Waals surface area contributed by atoms with E-state index < -0.39 is 0 Å². The summed E-state index contributed by atoms with van der Waals surface area (Å²) in [5.74, 6) is 0.708. The zero-order chi connectivity index (χ0) is 12.4. The molecule has 0 fully saturated rings. The highest BCUT2D eigenvalue weighted by Crippen LogP contribution is 2.31. The molecular formula is C15H17BrS. The zero-order valence-corrected chi connectivity index (χ0v) is 12.9. The second kappa shape index (κ2) is 5.36. The fourth-order valence-corrected chi connectivity index (χ4v) is 3.11. The van der Waals surface area contributed by atoms with Gasteiger partial charge in [0.25, 0.3) is 0 Å². The van der Waals surface area contributed by atoms with Crippen molar-refractivity contribution in [1.82, 2.24) is 0 Å². The molecule has 90 valence electrons. The molecule has 0 spiro atoms. The van der Waals surface area contributed by atoms with Gasteiger partial charge < -0.3 is 0 Å². The van der Waals surface area contributed by atoms with Crippen molar-refractivity contribution in [2.45, 2.75) is 27.2 Å². The van der Waals surface area contributed by atoms with Gasteiger partial charge in [0.05, 0.1) is 0 Å². The smallest absolute Gasteiger partial charge is 0.0204 e. The van der Waals surface area contributed by atoms with E-state index in [1.165, 1.54) is 26.7 Å². The molecule has 0 nitrogen and oxygen atoms in total. The highest BCUT2D eigenvalue weighted by atomic mass is 79.9. The number of hydrogen-bond acceptors (Lipinski definition) is 1. The lowest BCUT2D eigenvalue weighted by Gasteiger charge is -2.08. The van der Waals surface area contributed by atoms with Crippen molar-refractivity contribution in [3.8, 4) is 11.1 Å². The summed E-state index contributed by atoms with van der Waals surface area (Å²) in [6.07, 6.45) is 1.16. The summed E-state index contributed by atoms with van der Waals surface area (Å²) in [6.45, 7) is 6.69. The third-order valence-corrected chi connectivity index (χ3v) is 4.52. The Kier molecular flexibility index (Phi) is 4.05. The van der Waals surface area contributed by atoms with Crippen LogP contribution in [0.15, 0.2) is 33.4 Å². The molecule has 0 aliphatic heterocycles. The number of rotatable bonds is 3. The average Bonchev–Trinajstić information content (AvgIpc) is 2.69. The highest BCUT2D eigenvalue weighted by molar-refractivity contribution is 9.10. The van der Waals surface area contributed by atoms with Crippen LogP contribution in [-0.4, -0.2) is 0 Å². The topological polar surface area (TPSA) is 0 Å². The Hall–Kier alpha value is -0.600. The summed E-state index contributed by atoms with van der Waals surface area (Å²) in [4.78, 5) is 0. The Balaban J connectivity index is 2.39. The van der Waals surface area contributed by atoms with Crippen LogP contribution < -0.4 is 0 Å². The lowest BCUT2D eigenvalue weighted by molar-refractivity contribution is 0.649. The van der Waals surface area contributed by atoms with Crippen LogP contribution in [-0.2, 0) is 6.42 Å². The quantitative estimate of drug-likeness (QED) is 0.684. The molecule has 0 saturated carbocycles. The maximum Gasteiger partial charge on any atom is 0.0204 e. The summed E-state index contributed by atoms with van der Waals surface area (Å²) >= 11 is 5.36. The lowest BCUT2D eigenvalue weighted by Crippen LogP contribution is -1.94.